The van der Waals surface area contributed by atoms with Crippen LogP contribution < -0.4 is 9.47 Å². The lowest BCUT2D eigenvalue weighted by molar-refractivity contribution is 0.353. The van der Waals surface area contributed by atoms with E-state index in [9.17, 15) is 8.42 Å². The summed E-state index contributed by atoms with van der Waals surface area (Å²) in [6.45, 7) is 4.16. The van der Waals surface area contributed by atoms with Crippen LogP contribution in [0.4, 0.5) is 0 Å². The number of ether oxygens (including phenoxy) is 2. The van der Waals surface area contributed by atoms with Gasteiger partial charge >= 0.3 is 0 Å². The summed E-state index contributed by atoms with van der Waals surface area (Å²) >= 11 is 4.83. The third-order valence-corrected chi connectivity index (χ3v) is 6.93. The van der Waals surface area contributed by atoms with Crippen molar-refractivity contribution in [2.75, 3.05) is 20.8 Å². The maximum absolute atomic E-state index is 13.1. The van der Waals surface area contributed by atoms with Crippen LogP contribution in [0.5, 0.6) is 11.5 Å². The molecule has 0 spiro atoms. The van der Waals surface area contributed by atoms with Crippen molar-refractivity contribution in [3.63, 3.8) is 0 Å². The number of methoxy groups -OCH3 is 2. The molecule has 24 heavy (non-hydrogen) atoms. The Labute approximate surface area is 154 Å². The number of nitrogens with zero attached hydrogens (tertiary/aromatic N) is 1. The highest BCUT2D eigenvalue weighted by Gasteiger charge is 2.28. The fraction of sp³-hybridized carbons (Fsp3) is 0.250. The van der Waals surface area contributed by atoms with Crippen LogP contribution in [0.1, 0.15) is 4.88 Å². The summed E-state index contributed by atoms with van der Waals surface area (Å²) in [5.41, 5.74) is 0. The highest BCUT2D eigenvalue weighted by Crippen LogP contribution is 2.37. The molecule has 0 amide bonds. The van der Waals surface area contributed by atoms with Gasteiger partial charge in [0, 0.05) is 28.5 Å². The van der Waals surface area contributed by atoms with Crippen LogP contribution in [-0.4, -0.2) is 33.5 Å². The van der Waals surface area contributed by atoms with Crippen molar-refractivity contribution in [1.29, 1.82) is 0 Å². The second-order valence-electron chi connectivity index (χ2n) is 4.80. The zero-order valence-corrected chi connectivity index (χ0v) is 16.6. The summed E-state index contributed by atoms with van der Waals surface area (Å²) in [5.74, 6) is 0.811. The molecule has 5 nitrogen and oxygen atoms in total. The van der Waals surface area contributed by atoms with Crippen LogP contribution in [0.25, 0.3) is 0 Å². The van der Waals surface area contributed by atoms with Gasteiger partial charge in [-0.2, -0.15) is 4.31 Å². The summed E-state index contributed by atoms with van der Waals surface area (Å²) in [7, 11) is -0.774. The number of sulfonamides is 1. The molecule has 0 aliphatic carbocycles. The molecule has 0 N–H and O–H groups in total. The third kappa shape index (κ3) is 4.00. The van der Waals surface area contributed by atoms with E-state index in [4.69, 9.17) is 9.47 Å². The maximum atomic E-state index is 13.1. The van der Waals surface area contributed by atoms with Crippen LogP contribution in [0.3, 0.4) is 0 Å². The lowest BCUT2D eigenvalue weighted by Gasteiger charge is -2.21. The van der Waals surface area contributed by atoms with Crippen molar-refractivity contribution < 1.29 is 17.9 Å². The van der Waals surface area contributed by atoms with Crippen LogP contribution in [0.15, 0.2) is 51.7 Å². The number of hydrogen-bond acceptors (Lipinski definition) is 5. The fourth-order valence-corrected chi connectivity index (χ4v) is 5.33. The van der Waals surface area contributed by atoms with Crippen LogP contribution in [0.2, 0.25) is 0 Å². The number of thiophene rings is 1. The highest BCUT2D eigenvalue weighted by atomic mass is 79.9. The van der Waals surface area contributed by atoms with Gasteiger partial charge in [-0.05, 0) is 33.4 Å². The molecule has 0 unspecified atom stereocenters. The molecule has 2 rings (SSSR count). The van der Waals surface area contributed by atoms with Crippen LogP contribution >= 0.6 is 27.3 Å². The Bertz CT molecular complexity index is 804. The van der Waals surface area contributed by atoms with E-state index in [1.807, 2.05) is 17.5 Å². The quantitative estimate of drug-likeness (QED) is 0.594. The minimum Gasteiger partial charge on any atom is -0.493 e. The summed E-state index contributed by atoms with van der Waals surface area (Å²) in [6, 6.07) is 6.84. The molecule has 130 valence electrons. The average molecular weight is 432 g/mol. The minimum absolute atomic E-state index is 0.124. The van der Waals surface area contributed by atoms with Crippen molar-refractivity contribution in [2.24, 2.45) is 0 Å². The molecule has 0 atom stereocenters. The zero-order valence-electron chi connectivity index (χ0n) is 13.4. The van der Waals surface area contributed by atoms with Gasteiger partial charge in [0.1, 0.15) is 4.90 Å². The second-order valence-corrected chi connectivity index (χ2v) is 8.60. The van der Waals surface area contributed by atoms with Gasteiger partial charge in [-0.15, -0.1) is 17.9 Å². The molecule has 1 aromatic carbocycles. The number of benzene rings is 1. The Kier molecular flexibility index (Phi) is 6.45. The van der Waals surface area contributed by atoms with E-state index in [1.165, 1.54) is 35.9 Å². The smallest absolute Gasteiger partial charge is 0.244 e. The summed E-state index contributed by atoms with van der Waals surface area (Å²) in [4.78, 5) is 1.08. The summed E-state index contributed by atoms with van der Waals surface area (Å²) < 4.78 is 38.4. The molecule has 0 aliphatic heterocycles. The first-order valence-corrected chi connectivity index (χ1v) is 10.1. The van der Waals surface area contributed by atoms with E-state index in [-0.39, 0.29) is 18.0 Å². The van der Waals surface area contributed by atoms with E-state index in [2.05, 4.69) is 22.5 Å². The molecular weight excluding hydrogens is 414 g/mol. The molecule has 2 aromatic rings. The van der Waals surface area contributed by atoms with Crippen LogP contribution in [-0.2, 0) is 16.6 Å². The van der Waals surface area contributed by atoms with Crippen molar-refractivity contribution in [3.8, 4) is 11.5 Å². The van der Waals surface area contributed by atoms with Gasteiger partial charge in [-0.3, -0.25) is 0 Å². The van der Waals surface area contributed by atoms with Gasteiger partial charge in [0.05, 0.1) is 14.2 Å². The largest absolute Gasteiger partial charge is 0.493 e. The minimum atomic E-state index is -3.74. The first-order valence-electron chi connectivity index (χ1n) is 6.99. The van der Waals surface area contributed by atoms with E-state index >= 15 is 0 Å². The molecule has 8 heteroatoms. The van der Waals surface area contributed by atoms with E-state index < -0.39 is 10.0 Å². The lowest BCUT2D eigenvalue weighted by atomic mass is 10.3. The first-order chi connectivity index (χ1) is 11.4. The van der Waals surface area contributed by atoms with Crippen molar-refractivity contribution in [1.82, 2.24) is 4.31 Å². The normalized spacial score (nSPS) is 11.5. The van der Waals surface area contributed by atoms with E-state index in [1.54, 1.807) is 12.1 Å². The predicted molar refractivity (Wildman–Crippen MR) is 99.4 cm³/mol. The molecule has 0 aliphatic rings. The average Bonchev–Trinajstić information content (AvgIpc) is 3.07. The third-order valence-electron chi connectivity index (χ3n) is 3.30. The van der Waals surface area contributed by atoms with Crippen molar-refractivity contribution in [2.45, 2.75) is 11.4 Å². The molecule has 0 radical (unpaired) electrons. The SMILES string of the molecule is C=CCN(Cc1cccs1)S(=O)(=O)c1cc(OC)c(OC)cc1Br. The predicted octanol–water partition coefficient (Wildman–Crippen LogP) is 3.90. The molecule has 0 saturated heterocycles. The molecular formula is C16H18BrNO4S2. The number of halogens is 1. The Morgan fingerprint density at radius 3 is 2.50 bits per heavy atom. The Morgan fingerprint density at radius 2 is 1.96 bits per heavy atom. The van der Waals surface area contributed by atoms with Crippen molar-refractivity contribution >= 4 is 37.3 Å². The van der Waals surface area contributed by atoms with E-state index in [0.29, 0.717) is 16.0 Å². The van der Waals surface area contributed by atoms with Gasteiger partial charge in [-0.25, -0.2) is 8.42 Å². The Balaban J connectivity index is 2.48. The van der Waals surface area contributed by atoms with Gasteiger partial charge in [0.15, 0.2) is 11.5 Å². The van der Waals surface area contributed by atoms with Gasteiger partial charge < -0.3 is 9.47 Å². The van der Waals surface area contributed by atoms with Crippen molar-refractivity contribution in [3.05, 3.63) is 51.7 Å². The molecule has 0 fully saturated rings. The monoisotopic (exact) mass is 431 g/mol. The molecule has 0 saturated carbocycles. The standard InChI is InChI=1S/C16H18BrNO4S2/c1-4-7-18(11-12-6-5-8-23-12)24(19,20)16-10-15(22-3)14(21-2)9-13(16)17/h4-6,8-10H,1,7,11H2,2-3H3. The topological polar surface area (TPSA) is 55.8 Å². The highest BCUT2D eigenvalue weighted by molar-refractivity contribution is 9.10. The maximum Gasteiger partial charge on any atom is 0.244 e. The fourth-order valence-electron chi connectivity index (χ4n) is 2.14. The second kappa shape index (κ2) is 8.15. The summed E-state index contributed by atoms with van der Waals surface area (Å²) in [6.07, 6.45) is 1.57. The number of hydrogen-bond donors (Lipinski definition) is 0. The first kappa shape index (κ1) is 19.0. The Morgan fingerprint density at radius 1 is 1.29 bits per heavy atom. The van der Waals surface area contributed by atoms with E-state index in [0.717, 1.165) is 4.88 Å². The number of rotatable bonds is 8. The molecule has 0 bridgehead atoms. The summed E-state index contributed by atoms with van der Waals surface area (Å²) in [5, 5.41) is 1.92. The van der Waals surface area contributed by atoms with Gasteiger partial charge in [0.25, 0.3) is 0 Å². The Hall–Kier alpha value is -1.35. The molecule has 1 aromatic heterocycles. The zero-order chi connectivity index (χ0) is 17.7. The van der Waals surface area contributed by atoms with Crippen LogP contribution in [0, 0.1) is 0 Å². The lowest BCUT2D eigenvalue weighted by Crippen LogP contribution is -2.30. The molecule has 1 heterocycles. The van der Waals surface area contributed by atoms with Gasteiger partial charge in [-0.1, -0.05) is 12.1 Å². The van der Waals surface area contributed by atoms with Gasteiger partial charge in [0.2, 0.25) is 10.0 Å².